The van der Waals surface area contributed by atoms with Gasteiger partial charge in [-0.15, -0.1) is 0 Å². The predicted molar refractivity (Wildman–Crippen MR) is 303 cm³/mol. The summed E-state index contributed by atoms with van der Waals surface area (Å²) in [5, 5.41) is 6.55. The van der Waals surface area contributed by atoms with Crippen molar-refractivity contribution in [3.8, 4) is 11.1 Å². The Morgan fingerprint density at radius 1 is 0.662 bits per heavy atom. The van der Waals surface area contributed by atoms with E-state index >= 15 is 0 Å². The lowest BCUT2D eigenvalue weighted by Crippen LogP contribution is -2.41. The number of benzene rings is 2. The Bertz CT molecular complexity index is 2640. The van der Waals surface area contributed by atoms with Gasteiger partial charge in [-0.3, -0.25) is 0 Å². The first kappa shape index (κ1) is 62.2. The molecule has 0 bridgehead atoms. The molecule has 5 aliphatic heterocycles. The number of nitrogens with one attached hydrogen (secondary N) is 2. The number of nitrogens with zero attached hydrogens (tertiary/aromatic N) is 6. The Labute approximate surface area is 477 Å². The molecule has 4 amide bonds. The van der Waals surface area contributed by atoms with Gasteiger partial charge in [-0.05, 0) is 159 Å². The molecule has 2 aromatic carbocycles. The molecular formula is C52H66BCl2F6IN8O6S. The summed E-state index contributed by atoms with van der Waals surface area (Å²) in [5.41, 5.74) is 4.71. The second kappa shape index (κ2) is 26.5. The predicted octanol–water partition coefficient (Wildman–Crippen LogP) is 11.7. The molecule has 14 nitrogen and oxygen atoms in total. The van der Waals surface area contributed by atoms with Crippen molar-refractivity contribution in [2.45, 2.75) is 90.8 Å². The monoisotopic (exact) mass is 1250 g/mol. The number of halogens is 9. The van der Waals surface area contributed by atoms with Crippen LogP contribution in [-0.4, -0.2) is 141 Å². The van der Waals surface area contributed by atoms with Crippen LogP contribution in [0.2, 0.25) is 10.3 Å². The SMILES string of the molecule is Cc1ccc(NC(=O)N2CC[C@@H](CC(F)(F)F)C2)cc1-c1cc(Cl)nc(N2CCOCC2)c1.Cc1ccc(NC(=O)N2CC[C@@H](CC(F)(F)F)C2)cc1B1OC(C)(C)C(C)(C)O1.Clc1cc(I)cc(N2CCOCC2)n1.S. The lowest BCUT2D eigenvalue weighted by molar-refractivity contribution is -0.144. The Hall–Kier alpha value is -3.98. The molecule has 0 aliphatic carbocycles. The van der Waals surface area contributed by atoms with Gasteiger partial charge in [-0.25, -0.2) is 19.6 Å². The number of hydrogen-bond acceptors (Lipinski definition) is 10. The van der Waals surface area contributed by atoms with Crippen LogP contribution < -0.4 is 25.9 Å². The minimum atomic E-state index is -4.21. The number of anilines is 4. The Morgan fingerprint density at radius 3 is 1.57 bits per heavy atom. The summed E-state index contributed by atoms with van der Waals surface area (Å²) in [7, 11) is -0.556. The van der Waals surface area contributed by atoms with Crippen LogP contribution in [-0.2, 0) is 18.8 Å². The van der Waals surface area contributed by atoms with E-state index in [0.29, 0.717) is 60.8 Å². The van der Waals surface area contributed by atoms with Gasteiger partial charge in [0.1, 0.15) is 21.9 Å². The summed E-state index contributed by atoms with van der Waals surface area (Å²) in [6, 6.07) is 17.8. The molecule has 2 atom stereocenters. The number of pyridine rings is 2. The molecule has 7 heterocycles. The molecule has 4 aromatic rings. The van der Waals surface area contributed by atoms with Crippen LogP contribution >= 0.6 is 59.3 Å². The fraction of sp³-hybridized carbons (Fsp3) is 0.538. The second-order valence-electron chi connectivity index (χ2n) is 20.6. The Morgan fingerprint density at radius 2 is 1.10 bits per heavy atom. The van der Waals surface area contributed by atoms with Crippen molar-refractivity contribution >= 4 is 107 Å². The van der Waals surface area contributed by atoms with Gasteiger partial charge in [0.2, 0.25) is 0 Å². The van der Waals surface area contributed by atoms with Crippen LogP contribution in [0.1, 0.15) is 64.5 Å². The Kier molecular flexibility index (Phi) is 21.4. The minimum Gasteiger partial charge on any atom is -0.399 e. The lowest BCUT2D eigenvalue weighted by Gasteiger charge is -2.32. The number of likely N-dealkylation sites (tertiary alicyclic amines) is 2. The molecule has 0 radical (unpaired) electrons. The molecule has 422 valence electrons. The summed E-state index contributed by atoms with van der Waals surface area (Å²) in [6.45, 7) is 18.7. The van der Waals surface area contributed by atoms with Crippen molar-refractivity contribution < 1.29 is 54.7 Å². The molecule has 2 aromatic heterocycles. The van der Waals surface area contributed by atoms with Gasteiger partial charge in [-0.2, -0.15) is 39.8 Å². The number of aryl methyl sites for hydroxylation is 2. The number of carbonyl (C=O) groups is 2. The van der Waals surface area contributed by atoms with Gasteiger partial charge in [-0.1, -0.05) is 40.9 Å². The first-order valence-electron chi connectivity index (χ1n) is 25.2. The summed E-state index contributed by atoms with van der Waals surface area (Å²) in [4.78, 5) is 41.1. The molecule has 0 saturated carbocycles. The van der Waals surface area contributed by atoms with Gasteiger partial charge >= 0.3 is 31.5 Å². The van der Waals surface area contributed by atoms with Crippen LogP contribution in [0.25, 0.3) is 11.1 Å². The summed E-state index contributed by atoms with van der Waals surface area (Å²) in [6.07, 6.45) is -9.42. The normalized spacial score (nSPS) is 20.2. The van der Waals surface area contributed by atoms with Gasteiger partial charge < -0.3 is 49.0 Å². The lowest BCUT2D eigenvalue weighted by atomic mass is 9.76. The van der Waals surface area contributed by atoms with Crippen LogP contribution in [0, 0.1) is 29.3 Å². The molecule has 77 heavy (non-hydrogen) atoms. The van der Waals surface area contributed by atoms with Gasteiger partial charge in [0.25, 0.3) is 0 Å². The van der Waals surface area contributed by atoms with E-state index in [0.717, 1.165) is 82.3 Å². The highest BCUT2D eigenvalue weighted by Gasteiger charge is 2.52. The first-order valence-corrected chi connectivity index (χ1v) is 27.0. The summed E-state index contributed by atoms with van der Waals surface area (Å²) in [5.74, 6) is 0.619. The topological polar surface area (TPSA) is 134 Å². The van der Waals surface area contributed by atoms with E-state index in [9.17, 15) is 35.9 Å². The molecule has 0 unspecified atom stereocenters. The van der Waals surface area contributed by atoms with Crippen molar-refractivity contribution in [2.75, 3.05) is 99.2 Å². The second-order valence-corrected chi connectivity index (χ2v) is 22.6. The highest BCUT2D eigenvalue weighted by molar-refractivity contribution is 14.1. The fourth-order valence-corrected chi connectivity index (χ4v) is 10.5. The molecule has 25 heteroatoms. The van der Waals surface area contributed by atoms with E-state index in [1.165, 1.54) is 9.80 Å². The largest absolute Gasteiger partial charge is 0.495 e. The van der Waals surface area contributed by atoms with E-state index in [1.54, 1.807) is 24.3 Å². The fourth-order valence-electron chi connectivity index (χ4n) is 9.38. The van der Waals surface area contributed by atoms with Crippen LogP contribution in [0.3, 0.4) is 0 Å². The summed E-state index contributed by atoms with van der Waals surface area (Å²) < 4.78 is 99.7. The number of morpholine rings is 2. The van der Waals surface area contributed by atoms with Crippen molar-refractivity contribution in [3.05, 3.63) is 85.7 Å². The number of urea groups is 2. The van der Waals surface area contributed by atoms with E-state index in [1.807, 2.05) is 77.9 Å². The van der Waals surface area contributed by atoms with Crippen molar-refractivity contribution in [1.82, 2.24) is 19.8 Å². The molecule has 5 aliphatic rings. The van der Waals surface area contributed by atoms with E-state index < -0.39 is 67.4 Å². The van der Waals surface area contributed by atoms with Crippen LogP contribution in [0.15, 0.2) is 60.7 Å². The zero-order chi connectivity index (χ0) is 55.2. The van der Waals surface area contributed by atoms with Gasteiger partial charge in [0.15, 0.2) is 0 Å². The molecule has 9 rings (SSSR count). The number of hydrogen-bond donors (Lipinski definition) is 2. The third-order valence-corrected chi connectivity index (χ3v) is 15.2. The maximum atomic E-state index is 12.7. The highest BCUT2D eigenvalue weighted by atomic mass is 127. The standard InChI is InChI=1S/C23H26ClF3N4O2.C20H28BF3N2O3.C9H10ClIN2O.H2S/c1-15-2-3-18(28-22(32)31-5-4-16(14-31)13-23(25,26)27)12-19(15)17-10-20(24)29-21(11-17)30-6-8-33-9-7-30;1-13-6-7-15(10-16(13)21-28-18(2,3)19(4,5)29-21)25-17(27)26-9-8-14(12-26)11-20(22,23)24;10-8-5-7(11)6-9(12-8)13-1-3-14-4-2-13;/h2-3,10-12,16H,4-9,13-14H2,1H3,(H,28,32);6-7,10,14H,8-9,11-12H2,1-5H3,(H,25,27);5-6H,1-4H2;1H2/t16-;14-;;/m00../s1. The number of amides is 4. The van der Waals surface area contributed by atoms with E-state index in [2.05, 4.69) is 53.0 Å². The quantitative estimate of drug-likeness (QED) is 0.0760. The molecular weight excluding hydrogens is 1190 g/mol. The number of carbonyl (C=O) groups excluding carboxylic acids is 2. The van der Waals surface area contributed by atoms with E-state index in [4.69, 9.17) is 42.0 Å². The third kappa shape index (κ3) is 17.8. The molecule has 5 saturated heterocycles. The molecule has 2 N–H and O–H groups in total. The molecule has 0 spiro atoms. The third-order valence-electron chi connectivity index (χ3n) is 14.2. The van der Waals surface area contributed by atoms with E-state index in [-0.39, 0.29) is 26.6 Å². The Balaban J connectivity index is 0.000000199. The van der Waals surface area contributed by atoms with Crippen molar-refractivity contribution in [2.24, 2.45) is 11.8 Å². The smallest absolute Gasteiger partial charge is 0.399 e. The van der Waals surface area contributed by atoms with Crippen LogP contribution in [0.5, 0.6) is 0 Å². The first-order chi connectivity index (χ1) is 35.7. The summed E-state index contributed by atoms with van der Waals surface area (Å²) >= 11 is 14.5. The average Bonchev–Trinajstić information content (AvgIpc) is 4.10. The number of ether oxygens (including phenoxy) is 2. The minimum absolute atomic E-state index is 0. The number of rotatable bonds is 8. The van der Waals surface area contributed by atoms with Gasteiger partial charge in [0.05, 0.1) is 37.6 Å². The maximum Gasteiger partial charge on any atom is 0.495 e. The zero-order valence-corrected chi connectivity index (χ0v) is 48.5. The molecule has 5 fully saturated rings. The highest BCUT2D eigenvalue weighted by Crippen LogP contribution is 2.38. The van der Waals surface area contributed by atoms with Gasteiger partial charge in [0, 0.05) is 80.1 Å². The van der Waals surface area contributed by atoms with Crippen molar-refractivity contribution in [1.29, 1.82) is 0 Å². The number of aromatic nitrogens is 2. The van der Waals surface area contributed by atoms with Crippen molar-refractivity contribution in [3.63, 3.8) is 0 Å². The maximum absolute atomic E-state index is 12.7. The zero-order valence-electron chi connectivity index (χ0n) is 43.9. The number of alkyl halides is 6. The average molecular weight is 1250 g/mol. The van der Waals surface area contributed by atoms with Crippen LogP contribution in [0.4, 0.5) is 58.9 Å².